The zero-order valence-electron chi connectivity index (χ0n) is 15.4. The van der Waals surface area contributed by atoms with Crippen molar-refractivity contribution in [2.75, 3.05) is 5.32 Å². The van der Waals surface area contributed by atoms with E-state index in [1.54, 1.807) is 0 Å². The largest absolute Gasteiger partial charge is 0.351 e. The average molecular weight is 345 g/mol. The van der Waals surface area contributed by atoms with Gasteiger partial charge in [-0.1, -0.05) is 42.8 Å². The van der Waals surface area contributed by atoms with Crippen LogP contribution in [-0.4, -0.2) is 21.8 Å². The summed E-state index contributed by atoms with van der Waals surface area (Å²) in [7, 11) is 0. The molecule has 2 aromatic carbocycles. The van der Waals surface area contributed by atoms with Gasteiger partial charge < -0.3 is 5.32 Å². The molecule has 1 N–H and O–H groups in total. The van der Waals surface area contributed by atoms with Gasteiger partial charge in [-0.2, -0.15) is 0 Å². The molecular weight excluding hydrogens is 322 g/mol. The zero-order chi connectivity index (χ0) is 18.3. The van der Waals surface area contributed by atoms with Gasteiger partial charge in [-0.05, 0) is 43.9 Å². The molecule has 4 nitrogen and oxygen atoms in total. The van der Waals surface area contributed by atoms with Crippen LogP contribution in [0.15, 0.2) is 42.5 Å². The second-order valence-electron chi connectivity index (χ2n) is 7.35. The molecule has 2 atom stereocenters. The van der Waals surface area contributed by atoms with Crippen LogP contribution < -0.4 is 5.32 Å². The average Bonchev–Trinajstić information content (AvgIpc) is 2.73. The minimum atomic E-state index is 0.0344. The summed E-state index contributed by atoms with van der Waals surface area (Å²) >= 11 is 0. The Morgan fingerprint density at radius 3 is 2.73 bits per heavy atom. The first kappa shape index (κ1) is 16.7. The lowest BCUT2D eigenvalue weighted by molar-refractivity contribution is 0.0978. The van der Waals surface area contributed by atoms with Gasteiger partial charge in [-0.25, -0.2) is 9.97 Å². The van der Waals surface area contributed by atoms with Crippen molar-refractivity contribution in [1.29, 1.82) is 0 Å². The van der Waals surface area contributed by atoms with E-state index in [0.29, 0.717) is 18.3 Å². The number of carbonyl (C=O) groups excluding carboxylic acids is 1. The first-order valence-corrected chi connectivity index (χ1v) is 9.15. The lowest BCUT2D eigenvalue weighted by atomic mass is 9.93. The molecule has 0 saturated carbocycles. The summed E-state index contributed by atoms with van der Waals surface area (Å²) in [4.78, 5) is 22.0. The maximum atomic E-state index is 12.7. The Hall–Kier alpha value is -2.75. The topological polar surface area (TPSA) is 54.9 Å². The summed E-state index contributed by atoms with van der Waals surface area (Å²) in [6.45, 7) is 6.26. The second-order valence-corrected chi connectivity index (χ2v) is 7.35. The van der Waals surface area contributed by atoms with Crippen molar-refractivity contribution < 1.29 is 4.79 Å². The maximum absolute atomic E-state index is 12.7. The highest BCUT2D eigenvalue weighted by Crippen LogP contribution is 2.31. The van der Waals surface area contributed by atoms with Crippen LogP contribution in [0.4, 0.5) is 5.95 Å². The molecule has 4 rings (SSSR count). The number of hydrogen-bond acceptors (Lipinski definition) is 4. The summed E-state index contributed by atoms with van der Waals surface area (Å²) in [6, 6.07) is 14.2. The molecule has 1 aliphatic rings. The van der Waals surface area contributed by atoms with E-state index in [1.165, 1.54) is 5.56 Å². The Bertz CT molecular complexity index is 996. The fraction of sp³-hybridized carbons (Fsp3) is 0.318. The number of aryl methyl sites for hydroxylation is 2. The third kappa shape index (κ3) is 3.07. The number of ketones is 1. The molecule has 1 aromatic heterocycles. The van der Waals surface area contributed by atoms with Gasteiger partial charge in [0.2, 0.25) is 5.95 Å². The molecule has 2 unspecified atom stereocenters. The van der Waals surface area contributed by atoms with E-state index in [2.05, 4.69) is 47.3 Å². The summed E-state index contributed by atoms with van der Waals surface area (Å²) in [5.41, 5.74) is 5.09. The molecule has 0 saturated heterocycles. The van der Waals surface area contributed by atoms with Crippen molar-refractivity contribution in [3.8, 4) is 0 Å². The fourth-order valence-electron chi connectivity index (χ4n) is 3.90. The van der Waals surface area contributed by atoms with Crippen molar-refractivity contribution in [3.05, 3.63) is 64.8 Å². The number of rotatable bonds is 2. The second kappa shape index (κ2) is 6.52. The molecule has 132 valence electrons. The van der Waals surface area contributed by atoms with E-state index in [0.717, 1.165) is 34.1 Å². The molecule has 0 bridgehead atoms. The van der Waals surface area contributed by atoms with Crippen LogP contribution in [0.2, 0.25) is 0 Å². The minimum absolute atomic E-state index is 0.0344. The van der Waals surface area contributed by atoms with Gasteiger partial charge in [-0.3, -0.25) is 4.79 Å². The number of nitrogens with zero attached hydrogens (tertiary/aromatic N) is 2. The lowest BCUT2D eigenvalue weighted by Crippen LogP contribution is -2.24. The Morgan fingerprint density at radius 2 is 1.88 bits per heavy atom. The molecule has 0 aliphatic heterocycles. The Morgan fingerprint density at radius 1 is 1.08 bits per heavy atom. The van der Waals surface area contributed by atoms with Gasteiger partial charge in [0.15, 0.2) is 5.78 Å². The van der Waals surface area contributed by atoms with E-state index in [9.17, 15) is 4.79 Å². The number of hydrogen-bond donors (Lipinski definition) is 1. The van der Waals surface area contributed by atoms with Crippen molar-refractivity contribution in [2.45, 2.75) is 45.6 Å². The molecule has 0 fully saturated rings. The number of benzene rings is 2. The van der Waals surface area contributed by atoms with Crippen LogP contribution in [0, 0.1) is 13.8 Å². The fourth-order valence-corrected chi connectivity index (χ4v) is 3.90. The summed E-state index contributed by atoms with van der Waals surface area (Å²) < 4.78 is 0. The normalized spacial score (nSPS) is 19.9. The highest BCUT2D eigenvalue weighted by atomic mass is 16.1. The van der Waals surface area contributed by atoms with Crippen LogP contribution in [0.5, 0.6) is 0 Å². The van der Waals surface area contributed by atoms with E-state index in [1.807, 2.05) is 31.2 Å². The van der Waals surface area contributed by atoms with Gasteiger partial charge in [-0.15, -0.1) is 0 Å². The van der Waals surface area contributed by atoms with Crippen LogP contribution in [-0.2, 0) is 0 Å². The molecule has 26 heavy (non-hydrogen) atoms. The smallest absolute Gasteiger partial charge is 0.223 e. The summed E-state index contributed by atoms with van der Waals surface area (Å²) in [5.74, 6) is 1.12. The number of nitrogens with one attached hydrogen (secondary N) is 1. The third-order valence-corrected chi connectivity index (χ3v) is 5.24. The Labute approximate surface area is 153 Å². The first-order valence-electron chi connectivity index (χ1n) is 9.15. The van der Waals surface area contributed by atoms with Gasteiger partial charge in [0, 0.05) is 23.4 Å². The summed E-state index contributed by atoms with van der Waals surface area (Å²) in [6.07, 6.45) is 1.35. The van der Waals surface area contributed by atoms with Crippen molar-refractivity contribution in [1.82, 2.24) is 9.97 Å². The van der Waals surface area contributed by atoms with Crippen molar-refractivity contribution >= 4 is 22.6 Å². The molecule has 1 heterocycles. The Kier molecular flexibility index (Phi) is 4.19. The number of carbonyl (C=O) groups is 1. The standard InChI is InChI=1S/C22H23N3O/c1-13-8-9-20-19(10-13)15(3)23-22(25-20)24-16-11-14(2)17-6-4-5-7-18(17)21(26)12-16/h4-10,14,16H,11-12H2,1-3H3,(H,23,24,25). The van der Waals surface area contributed by atoms with Gasteiger partial charge in [0.05, 0.1) is 11.2 Å². The molecular formula is C22H23N3O. The Balaban J connectivity index is 1.63. The van der Waals surface area contributed by atoms with E-state index >= 15 is 0 Å². The minimum Gasteiger partial charge on any atom is -0.351 e. The zero-order valence-corrected chi connectivity index (χ0v) is 15.4. The molecule has 0 spiro atoms. The molecule has 0 amide bonds. The van der Waals surface area contributed by atoms with E-state index < -0.39 is 0 Å². The van der Waals surface area contributed by atoms with E-state index in [4.69, 9.17) is 0 Å². The highest BCUT2D eigenvalue weighted by molar-refractivity contribution is 5.98. The van der Waals surface area contributed by atoms with Crippen LogP contribution >= 0.6 is 0 Å². The van der Waals surface area contributed by atoms with Crippen LogP contribution in [0.3, 0.4) is 0 Å². The van der Waals surface area contributed by atoms with Crippen molar-refractivity contribution in [3.63, 3.8) is 0 Å². The van der Waals surface area contributed by atoms with Crippen LogP contribution in [0.1, 0.15) is 52.9 Å². The maximum Gasteiger partial charge on any atom is 0.223 e. The molecule has 1 aliphatic carbocycles. The quantitative estimate of drug-likeness (QED) is 0.677. The van der Waals surface area contributed by atoms with Gasteiger partial charge >= 0.3 is 0 Å². The van der Waals surface area contributed by atoms with Gasteiger partial charge in [0.25, 0.3) is 0 Å². The monoisotopic (exact) mass is 345 g/mol. The molecule has 0 radical (unpaired) electrons. The summed E-state index contributed by atoms with van der Waals surface area (Å²) in [5, 5.41) is 4.50. The predicted octanol–water partition coefficient (Wildman–Crippen LogP) is 4.81. The lowest BCUT2D eigenvalue weighted by Gasteiger charge is -2.19. The first-order chi connectivity index (χ1) is 12.5. The number of Topliss-reactive ketones (excluding diaryl/α,β-unsaturated/α-hetero) is 1. The van der Waals surface area contributed by atoms with E-state index in [-0.39, 0.29) is 11.8 Å². The van der Waals surface area contributed by atoms with Gasteiger partial charge in [0.1, 0.15) is 0 Å². The SMILES string of the molecule is Cc1ccc2nc(NC3CC(=O)c4ccccc4C(C)C3)nc(C)c2c1. The number of anilines is 1. The number of fused-ring (bicyclic) bond motifs is 2. The van der Waals surface area contributed by atoms with Crippen LogP contribution in [0.25, 0.3) is 10.9 Å². The van der Waals surface area contributed by atoms with Crippen molar-refractivity contribution in [2.24, 2.45) is 0 Å². The third-order valence-electron chi connectivity index (χ3n) is 5.24. The predicted molar refractivity (Wildman–Crippen MR) is 105 cm³/mol. The number of aromatic nitrogens is 2. The molecule has 3 aromatic rings. The highest BCUT2D eigenvalue weighted by Gasteiger charge is 2.27. The molecule has 4 heteroatoms.